The van der Waals surface area contributed by atoms with Gasteiger partial charge in [0.2, 0.25) is 5.91 Å². The summed E-state index contributed by atoms with van der Waals surface area (Å²) in [7, 11) is 0. The highest BCUT2D eigenvalue weighted by atomic mass is 19.1. The van der Waals surface area contributed by atoms with Gasteiger partial charge in [-0.05, 0) is 6.07 Å². The number of rotatable bonds is 2. The van der Waals surface area contributed by atoms with Crippen LogP contribution in [-0.4, -0.2) is 10.9 Å². The molecule has 1 amide bonds. The normalized spacial score (nSPS) is 9.50. The molecule has 0 spiro atoms. The van der Waals surface area contributed by atoms with E-state index in [0.29, 0.717) is 11.4 Å². The Balaban J connectivity index is 2.71. The van der Waals surface area contributed by atoms with Crippen LogP contribution in [0.3, 0.4) is 0 Å². The van der Waals surface area contributed by atoms with Crippen molar-refractivity contribution in [3.05, 3.63) is 23.9 Å². The number of halogens is 1. The maximum Gasteiger partial charge on any atom is 0.222 e. The number of carbonyl (C=O) groups is 1. The van der Waals surface area contributed by atoms with Crippen molar-refractivity contribution in [3.8, 4) is 0 Å². The van der Waals surface area contributed by atoms with Crippen LogP contribution in [0.5, 0.6) is 0 Å². The van der Waals surface area contributed by atoms with Gasteiger partial charge in [0.1, 0.15) is 12.5 Å². The van der Waals surface area contributed by atoms with E-state index in [0.717, 1.165) is 0 Å². The number of nitrogens with one attached hydrogen (secondary N) is 1. The van der Waals surface area contributed by atoms with E-state index in [4.69, 9.17) is 0 Å². The molecule has 0 radical (unpaired) electrons. The van der Waals surface area contributed by atoms with Gasteiger partial charge in [0.05, 0.1) is 0 Å². The molecule has 0 aromatic carbocycles. The summed E-state index contributed by atoms with van der Waals surface area (Å²) in [5.41, 5.74) is 0.504. The van der Waals surface area contributed by atoms with Gasteiger partial charge in [0, 0.05) is 18.7 Å². The molecule has 0 atom stereocenters. The second kappa shape index (κ2) is 3.80. The molecule has 64 valence electrons. The Morgan fingerprint density at radius 2 is 2.42 bits per heavy atom. The molecule has 1 N–H and O–H groups in total. The van der Waals surface area contributed by atoms with Crippen LogP contribution in [0.15, 0.2) is 18.3 Å². The molecular formula is C8H9FN2O. The van der Waals surface area contributed by atoms with Gasteiger partial charge in [-0.1, -0.05) is 6.07 Å². The second-order valence-electron chi connectivity index (χ2n) is 2.37. The molecule has 0 aliphatic carbocycles. The molecule has 0 bridgehead atoms. The van der Waals surface area contributed by atoms with Crippen molar-refractivity contribution < 1.29 is 9.18 Å². The summed E-state index contributed by atoms with van der Waals surface area (Å²) in [6.07, 6.45) is 1.39. The lowest BCUT2D eigenvalue weighted by Crippen LogP contribution is -2.07. The van der Waals surface area contributed by atoms with Crippen LogP contribution in [0.2, 0.25) is 0 Å². The monoisotopic (exact) mass is 168 g/mol. The molecule has 0 fully saturated rings. The first-order chi connectivity index (χ1) is 5.72. The molecule has 0 aliphatic rings. The largest absolute Gasteiger partial charge is 0.311 e. The van der Waals surface area contributed by atoms with Crippen molar-refractivity contribution >= 4 is 11.7 Å². The van der Waals surface area contributed by atoms with Crippen LogP contribution < -0.4 is 5.32 Å². The van der Waals surface area contributed by atoms with E-state index >= 15 is 0 Å². The van der Waals surface area contributed by atoms with E-state index in [1.165, 1.54) is 13.1 Å². The van der Waals surface area contributed by atoms with Gasteiger partial charge in [-0.25, -0.2) is 9.37 Å². The van der Waals surface area contributed by atoms with E-state index < -0.39 is 6.67 Å². The zero-order valence-corrected chi connectivity index (χ0v) is 6.67. The van der Waals surface area contributed by atoms with Gasteiger partial charge < -0.3 is 5.32 Å². The molecule has 0 saturated carbocycles. The number of amides is 1. The predicted octanol–water partition coefficient (Wildman–Crippen LogP) is 1.51. The standard InChI is InChI=1S/C8H9FN2O/c1-6(12)11-8-3-2-7(4-9)5-10-8/h2-3,5H,4H2,1H3,(H,10,11,12). The van der Waals surface area contributed by atoms with Gasteiger partial charge in [-0.15, -0.1) is 0 Å². The number of pyridine rings is 1. The van der Waals surface area contributed by atoms with Crippen molar-refractivity contribution in [2.24, 2.45) is 0 Å². The lowest BCUT2D eigenvalue weighted by Gasteiger charge is -2.00. The number of aromatic nitrogens is 1. The molecule has 12 heavy (non-hydrogen) atoms. The first-order valence-electron chi connectivity index (χ1n) is 3.51. The fraction of sp³-hybridized carbons (Fsp3) is 0.250. The minimum absolute atomic E-state index is 0.185. The summed E-state index contributed by atoms with van der Waals surface area (Å²) in [6, 6.07) is 3.15. The van der Waals surface area contributed by atoms with E-state index in [1.54, 1.807) is 12.1 Å². The topological polar surface area (TPSA) is 42.0 Å². The second-order valence-corrected chi connectivity index (χ2v) is 2.37. The summed E-state index contributed by atoms with van der Waals surface area (Å²) >= 11 is 0. The molecule has 0 saturated heterocycles. The molecule has 1 aromatic rings. The number of alkyl halides is 1. The SMILES string of the molecule is CC(=O)Nc1ccc(CF)cn1. The van der Waals surface area contributed by atoms with Crippen LogP contribution in [0, 0.1) is 0 Å². The van der Waals surface area contributed by atoms with Gasteiger partial charge in [-0.2, -0.15) is 0 Å². The zero-order valence-electron chi connectivity index (χ0n) is 6.67. The molecule has 1 rings (SSSR count). The van der Waals surface area contributed by atoms with Crippen LogP contribution in [0.4, 0.5) is 10.2 Å². The highest BCUT2D eigenvalue weighted by molar-refractivity contribution is 5.87. The Morgan fingerprint density at radius 1 is 1.67 bits per heavy atom. The quantitative estimate of drug-likeness (QED) is 0.727. The summed E-state index contributed by atoms with van der Waals surface area (Å²) in [4.78, 5) is 14.4. The first kappa shape index (κ1) is 8.64. The summed E-state index contributed by atoms with van der Waals surface area (Å²) in [5, 5.41) is 2.48. The van der Waals surface area contributed by atoms with Crippen molar-refractivity contribution in [1.29, 1.82) is 0 Å². The first-order valence-corrected chi connectivity index (χ1v) is 3.51. The number of nitrogens with zero attached hydrogens (tertiary/aromatic N) is 1. The number of carbonyl (C=O) groups excluding carboxylic acids is 1. The highest BCUT2D eigenvalue weighted by Gasteiger charge is 1.96. The molecule has 0 unspecified atom stereocenters. The minimum atomic E-state index is -0.534. The molecule has 1 aromatic heterocycles. The van der Waals surface area contributed by atoms with Gasteiger partial charge >= 0.3 is 0 Å². The lowest BCUT2D eigenvalue weighted by molar-refractivity contribution is -0.114. The Bertz CT molecular complexity index is 271. The smallest absolute Gasteiger partial charge is 0.222 e. The van der Waals surface area contributed by atoms with Crippen LogP contribution in [0.25, 0.3) is 0 Å². The Morgan fingerprint density at radius 3 is 2.83 bits per heavy atom. The van der Waals surface area contributed by atoms with E-state index in [2.05, 4.69) is 10.3 Å². The molecule has 0 aliphatic heterocycles. The third-order valence-electron chi connectivity index (χ3n) is 1.28. The Labute approximate surface area is 69.6 Å². The Kier molecular flexibility index (Phi) is 2.74. The van der Waals surface area contributed by atoms with Crippen molar-refractivity contribution in [2.45, 2.75) is 13.6 Å². The van der Waals surface area contributed by atoms with Crippen molar-refractivity contribution in [1.82, 2.24) is 4.98 Å². The van der Waals surface area contributed by atoms with E-state index in [9.17, 15) is 9.18 Å². The summed E-state index contributed by atoms with van der Waals surface area (Å²) in [6.45, 7) is 0.859. The number of anilines is 1. The highest BCUT2D eigenvalue weighted by Crippen LogP contribution is 2.05. The van der Waals surface area contributed by atoms with Gasteiger partial charge in [-0.3, -0.25) is 4.79 Å². The molecule has 3 nitrogen and oxygen atoms in total. The fourth-order valence-corrected chi connectivity index (χ4v) is 0.758. The van der Waals surface area contributed by atoms with Crippen LogP contribution in [0.1, 0.15) is 12.5 Å². The maximum absolute atomic E-state index is 12.0. The molecular weight excluding hydrogens is 159 g/mol. The average molecular weight is 168 g/mol. The lowest BCUT2D eigenvalue weighted by atomic mass is 10.3. The van der Waals surface area contributed by atoms with Crippen LogP contribution in [-0.2, 0) is 11.5 Å². The molecule has 4 heteroatoms. The third kappa shape index (κ3) is 2.30. The third-order valence-corrected chi connectivity index (χ3v) is 1.28. The maximum atomic E-state index is 12.0. The fourth-order valence-electron chi connectivity index (χ4n) is 0.758. The zero-order chi connectivity index (χ0) is 8.97. The number of hydrogen-bond acceptors (Lipinski definition) is 2. The molecule has 1 heterocycles. The van der Waals surface area contributed by atoms with E-state index in [-0.39, 0.29) is 5.91 Å². The summed E-state index contributed by atoms with van der Waals surface area (Å²) in [5.74, 6) is 0.259. The minimum Gasteiger partial charge on any atom is -0.311 e. The van der Waals surface area contributed by atoms with Crippen molar-refractivity contribution in [2.75, 3.05) is 5.32 Å². The van der Waals surface area contributed by atoms with Crippen molar-refractivity contribution in [3.63, 3.8) is 0 Å². The number of hydrogen-bond donors (Lipinski definition) is 1. The van der Waals surface area contributed by atoms with Gasteiger partial charge in [0.15, 0.2) is 0 Å². The Hall–Kier alpha value is -1.45. The predicted molar refractivity (Wildman–Crippen MR) is 43.4 cm³/mol. The van der Waals surface area contributed by atoms with E-state index in [1.807, 2.05) is 0 Å². The average Bonchev–Trinajstić information content (AvgIpc) is 2.05. The summed E-state index contributed by atoms with van der Waals surface area (Å²) < 4.78 is 12.0. The van der Waals surface area contributed by atoms with Crippen LogP contribution >= 0.6 is 0 Å². The van der Waals surface area contributed by atoms with Gasteiger partial charge in [0.25, 0.3) is 0 Å².